The number of ether oxygens (including phenoxy) is 4. The monoisotopic (exact) mass is 794 g/mol. The third-order valence-electron chi connectivity index (χ3n) is 11.3. The first-order valence-corrected chi connectivity index (χ1v) is 19.1. The molecule has 58 heavy (non-hydrogen) atoms. The van der Waals surface area contributed by atoms with E-state index < -0.39 is 35.2 Å². The van der Waals surface area contributed by atoms with Gasteiger partial charge in [-0.15, -0.1) is 0 Å². The molecule has 2 aliphatic heterocycles. The smallest absolute Gasteiger partial charge is 0.334 e. The summed E-state index contributed by atoms with van der Waals surface area (Å²) in [5.74, 6) is -3.21. The second-order valence-electron chi connectivity index (χ2n) is 14.6. The summed E-state index contributed by atoms with van der Waals surface area (Å²) < 4.78 is 20.8. The van der Waals surface area contributed by atoms with E-state index in [0.29, 0.717) is 35.6 Å². The number of hydrogen-bond donors (Lipinski definition) is 6. The Hall–Kier alpha value is -6.12. The Morgan fingerprint density at radius 3 is 2.00 bits per heavy atom. The van der Waals surface area contributed by atoms with Crippen LogP contribution in [0.2, 0.25) is 0 Å². The Kier molecular flexibility index (Phi) is 12.3. The van der Waals surface area contributed by atoms with Crippen LogP contribution in [-0.2, 0) is 51.0 Å². The van der Waals surface area contributed by atoms with Gasteiger partial charge in [0.05, 0.1) is 38.4 Å². The first-order valence-electron chi connectivity index (χ1n) is 19.1. The largest absolute Gasteiger partial charge is 0.469 e. The fourth-order valence-corrected chi connectivity index (χ4v) is 8.21. The van der Waals surface area contributed by atoms with Crippen molar-refractivity contribution in [1.29, 1.82) is 0 Å². The Morgan fingerprint density at radius 1 is 0.759 bits per heavy atom. The zero-order chi connectivity index (χ0) is 41.9. The summed E-state index contributed by atoms with van der Waals surface area (Å²) in [6.45, 7) is 11.2. The molecule has 3 aliphatic rings. The SMILES string of the molecule is C=Cc1c2[nH]c(c1C)C=c1[nH]c(c(CCC(=O)OCCO)c1C)=Cc1[nH]c(c(C)c1CCC(=O)OCCO)C=C1NC(=C2)C2(C)C1=CC=C(C(=O)OC)C2C(=O)OC. The number of nitrogens with one attached hydrogen (secondary N) is 4. The van der Waals surface area contributed by atoms with E-state index in [1.165, 1.54) is 14.2 Å². The number of aromatic nitrogens is 3. The zero-order valence-corrected chi connectivity index (χ0v) is 33.6. The molecule has 14 heteroatoms. The van der Waals surface area contributed by atoms with Crippen LogP contribution in [-0.4, -0.2) is 89.7 Å². The van der Waals surface area contributed by atoms with Gasteiger partial charge in [-0.2, -0.15) is 0 Å². The molecule has 3 aromatic heterocycles. The van der Waals surface area contributed by atoms with Gasteiger partial charge in [-0.1, -0.05) is 24.8 Å². The number of methoxy groups -OCH3 is 2. The van der Waals surface area contributed by atoms with Crippen molar-refractivity contribution in [3.05, 3.63) is 108 Å². The molecule has 6 N–H and O–H groups in total. The van der Waals surface area contributed by atoms with Crippen LogP contribution in [0.15, 0.2) is 41.3 Å². The molecule has 0 radical (unpaired) electrons. The molecule has 3 aromatic rings. The lowest BCUT2D eigenvalue weighted by atomic mass is 9.64. The lowest BCUT2D eigenvalue weighted by molar-refractivity contribution is -0.150. The van der Waals surface area contributed by atoms with E-state index in [2.05, 4.69) is 26.8 Å². The second-order valence-corrected chi connectivity index (χ2v) is 14.6. The maximum atomic E-state index is 13.8. The topological polar surface area (TPSA) is 205 Å². The minimum atomic E-state index is -1.13. The van der Waals surface area contributed by atoms with Gasteiger partial charge in [-0.25, -0.2) is 4.79 Å². The fraction of sp³-hybridized carbons (Fsp3) is 0.364. The van der Waals surface area contributed by atoms with Crippen LogP contribution in [0.5, 0.6) is 0 Å². The molecule has 306 valence electrons. The molecule has 2 atom stereocenters. The Bertz CT molecular complexity index is 2430. The molecule has 14 nitrogen and oxygen atoms in total. The molecule has 1 aliphatic carbocycles. The number of hydrogen-bond acceptors (Lipinski definition) is 11. The van der Waals surface area contributed by atoms with Crippen LogP contribution in [0.4, 0.5) is 0 Å². The van der Waals surface area contributed by atoms with Crippen LogP contribution in [0.3, 0.4) is 0 Å². The van der Waals surface area contributed by atoms with Crippen molar-refractivity contribution in [2.24, 2.45) is 11.3 Å². The second kappa shape index (κ2) is 17.2. The molecule has 2 unspecified atom stereocenters. The molecule has 0 saturated carbocycles. The first-order chi connectivity index (χ1) is 27.8. The van der Waals surface area contributed by atoms with Crippen LogP contribution in [0.25, 0.3) is 30.4 Å². The normalized spacial score (nSPS) is 17.9. The highest BCUT2D eigenvalue weighted by molar-refractivity contribution is 5.98. The first kappa shape index (κ1) is 41.5. The van der Waals surface area contributed by atoms with Gasteiger partial charge in [-0.05, 0) is 98.2 Å². The molecular weight excluding hydrogens is 745 g/mol. The summed E-state index contributed by atoms with van der Waals surface area (Å²) in [5.41, 5.74) is 9.22. The number of carbonyl (C=O) groups is 4. The summed E-state index contributed by atoms with van der Waals surface area (Å²) in [5, 5.41) is 23.5. The van der Waals surface area contributed by atoms with E-state index in [1.54, 1.807) is 12.2 Å². The van der Waals surface area contributed by atoms with Gasteiger partial charge in [0.1, 0.15) is 19.1 Å². The van der Waals surface area contributed by atoms with Gasteiger partial charge in [-0.3, -0.25) is 14.4 Å². The van der Waals surface area contributed by atoms with Gasteiger partial charge in [0.2, 0.25) is 0 Å². The molecule has 5 heterocycles. The summed E-state index contributed by atoms with van der Waals surface area (Å²) in [6.07, 6.45) is 13.8. The Labute approximate surface area is 335 Å². The molecule has 0 spiro atoms. The lowest BCUT2D eigenvalue weighted by Crippen LogP contribution is -2.40. The molecule has 6 rings (SSSR count). The number of aliphatic hydroxyl groups excluding tert-OH is 2. The van der Waals surface area contributed by atoms with Crippen LogP contribution in [0.1, 0.15) is 75.9 Å². The average molecular weight is 795 g/mol. The van der Waals surface area contributed by atoms with Gasteiger partial charge in [0.15, 0.2) is 0 Å². The third kappa shape index (κ3) is 7.64. The average Bonchev–Trinajstić information content (AvgIpc) is 3.87. The van der Waals surface area contributed by atoms with Crippen LogP contribution >= 0.6 is 0 Å². The number of fused-ring (bicyclic) bond motifs is 11. The van der Waals surface area contributed by atoms with E-state index in [0.717, 1.165) is 61.0 Å². The molecule has 0 amide bonds. The number of esters is 4. The standard InChI is InChI=1S/C44H50N4O10/c1-8-26-23(2)31-19-32-24(3)27(10-13-39(51)57-17-15-49)34(45-32)21-35-28(11-14-40(52)58-18-16-50)25(4)33(46-35)20-37-30-12-9-29(42(53)55-6)41(43(54)56-7)44(30,5)38(48-37)22-36(26)47-31/h8-9,12,19-22,41,45-50H,1,10-11,13-18H2,2-7H3. The molecule has 0 aromatic carbocycles. The van der Waals surface area contributed by atoms with Gasteiger partial charge in [0, 0.05) is 63.3 Å². The van der Waals surface area contributed by atoms with Crippen molar-refractivity contribution in [3.63, 3.8) is 0 Å². The van der Waals surface area contributed by atoms with Gasteiger partial charge < -0.3 is 49.4 Å². The quantitative estimate of drug-likeness (QED) is 0.110. The molecule has 8 bridgehead atoms. The number of allylic oxidation sites excluding steroid dienone is 4. The minimum absolute atomic E-state index is 0.0536. The van der Waals surface area contributed by atoms with E-state index in [1.807, 2.05) is 58.1 Å². The van der Waals surface area contributed by atoms with Crippen LogP contribution < -0.4 is 16.0 Å². The van der Waals surface area contributed by atoms with Crippen molar-refractivity contribution in [3.8, 4) is 0 Å². The lowest BCUT2D eigenvalue weighted by Gasteiger charge is -2.36. The maximum Gasteiger partial charge on any atom is 0.334 e. The van der Waals surface area contributed by atoms with Crippen molar-refractivity contribution in [2.75, 3.05) is 40.6 Å². The number of aromatic amines is 3. The van der Waals surface area contributed by atoms with Crippen molar-refractivity contribution in [1.82, 2.24) is 20.3 Å². The van der Waals surface area contributed by atoms with E-state index in [9.17, 15) is 29.4 Å². The minimum Gasteiger partial charge on any atom is -0.469 e. The summed E-state index contributed by atoms with van der Waals surface area (Å²) in [4.78, 5) is 63.0. The summed E-state index contributed by atoms with van der Waals surface area (Å²) in [6, 6.07) is 0. The summed E-state index contributed by atoms with van der Waals surface area (Å²) >= 11 is 0. The number of aliphatic hydroxyl groups is 2. The molecule has 1 saturated heterocycles. The van der Waals surface area contributed by atoms with E-state index in [4.69, 9.17) is 18.9 Å². The van der Waals surface area contributed by atoms with Crippen molar-refractivity contribution < 1.29 is 48.3 Å². The number of H-pyrrole nitrogens is 3. The highest BCUT2D eigenvalue weighted by atomic mass is 16.5. The van der Waals surface area contributed by atoms with E-state index in [-0.39, 0.29) is 44.8 Å². The molecular formula is C44H50N4O10. The van der Waals surface area contributed by atoms with E-state index >= 15 is 0 Å². The molecule has 1 fully saturated rings. The highest BCUT2D eigenvalue weighted by Crippen LogP contribution is 2.55. The van der Waals surface area contributed by atoms with Gasteiger partial charge in [0.25, 0.3) is 0 Å². The fourth-order valence-electron chi connectivity index (χ4n) is 8.21. The van der Waals surface area contributed by atoms with Crippen molar-refractivity contribution in [2.45, 2.75) is 53.4 Å². The zero-order valence-electron chi connectivity index (χ0n) is 33.6. The maximum absolute atomic E-state index is 13.8. The highest BCUT2D eigenvalue weighted by Gasteiger charge is 2.55. The van der Waals surface area contributed by atoms with Gasteiger partial charge >= 0.3 is 23.9 Å². The Morgan fingerprint density at radius 2 is 1.38 bits per heavy atom. The predicted molar refractivity (Wildman–Crippen MR) is 217 cm³/mol. The summed E-state index contributed by atoms with van der Waals surface area (Å²) in [7, 11) is 2.56. The predicted octanol–water partition coefficient (Wildman–Crippen LogP) is 2.97. The van der Waals surface area contributed by atoms with Crippen LogP contribution in [0, 0.1) is 32.1 Å². The third-order valence-corrected chi connectivity index (χ3v) is 11.3. The number of rotatable bonds is 13. The van der Waals surface area contributed by atoms with Crippen molar-refractivity contribution >= 4 is 54.3 Å². The number of carbonyl (C=O) groups excluding carboxylic acids is 4. The Balaban J connectivity index is 1.65.